The van der Waals surface area contributed by atoms with Crippen molar-refractivity contribution in [1.29, 1.82) is 0 Å². The van der Waals surface area contributed by atoms with E-state index in [2.05, 4.69) is 0 Å². The average molecular weight is 374 g/mol. The molecule has 0 aliphatic carbocycles. The summed E-state index contributed by atoms with van der Waals surface area (Å²) in [6.07, 6.45) is 0. The smallest absolute Gasteiger partial charge is 0.266 e. The number of anilines is 1. The summed E-state index contributed by atoms with van der Waals surface area (Å²) >= 11 is 0. The van der Waals surface area contributed by atoms with Gasteiger partial charge in [0.1, 0.15) is 11.5 Å². The summed E-state index contributed by atoms with van der Waals surface area (Å²) in [5, 5.41) is 19.5. The van der Waals surface area contributed by atoms with Gasteiger partial charge in [0.15, 0.2) is 0 Å². The van der Waals surface area contributed by atoms with Crippen molar-refractivity contribution in [3.05, 3.63) is 77.4 Å². The van der Waals surface area contributed by atoms with Crippen molar-refractivity contribution >= 4 is 23.4 Å². The van der Waals surface area contributed by atoms with Gasteiger partial charge in [0.05, 0.1) is 16.8 Å². The zero-order valence-electron chi connectivity index (χ0n) is 14.4. The Morgan fingerprint density at radius 1 is 0.821 bits per heavy atom. The Bertz CT molecular complexity index is 1170. The number of benzene rings is 3. The van der Waals surface area contributed by atoms with Gasteiger partial charge in [0.25, 0.3) is 11.8 Å². The lowest BCUT2D eigenvalue weighted by Crippen LogP contribution is -2.29. The molecule has 28 heavy (non-hydrogen) atoms. The van der Waals surface area contributed by atoms with Crippen LogP contribution in [0.4, 0.5) is 5.69 Å². The van der Waals surface area contributed by atoms with Gasteiger partial charge in [0.2, 0.25) is 5.91 Å². The maximum Gasteiger partial charge on any atom is 0.266 e. The number of amides is 3. The molecule has 1 heterocycles. The van der Waals surface area contributed by atoms with Gasteiger partial charge in [-0.25, -0.2) is 4.90 Å². The highest BCUT2D eigenvalue weighted by Crippen LogP contribution is 2.38. The first-order valence-electron chi connectivity index (χ1n) is 8.32. The molecular formula is C21H14N2O5. The first-order valence-corrected chi connectivity index (χ1v) is 8.32. The second-order valence-electron chi connectivity index (χ2n) is 6.29. The van der Waals surface area contributed by atoms with Crippen LogP contribution in [0.1, 0.15) is 31.1 Å². The number of fused-ring (bicyclic) bond motifs is 1. The fourth-order valence-electron chi connectivity index (χ4n) is 3.36. The molecule has 0 aromatic heterocycles. The number of aromatic hydroxyl groups is 2. The van der Waals surface area contributed by atoms with Crippen molar-refractivity contribution < 1.29 is 24.6 Å². The van der Waals surface area contributed by atoms with Crippen LogP contribution in [0.25, 0.3) is 11.1 Å². The highest BCUT2D eigenvalue weighted by Gasteiger charge is 2.40. The number of phenols is 2. The molecule has 0 radical (unpaired) electrons. The van der Waals surface area contributed by atoms with Gasteiger partial charge in [-0.15, -0.1) is 0 Å². The minimum absolute atomic E-state index is 0.0234. The summed E-state index contributed by atoms with van der Waals surface area (Å²) in [4.78, 5) is 39.0. The Hall–Kier alpha value is -4.13. The van der Waals surface area contributed by atoms with Crippen LogP contribution in [0.2, 0.25) is 0 Å². The molecule has 0 spiro atoms. The Morgan fingerprint density at radius 2 is 1.50 bits per heavy atom. The van der Waals surface area contributed by atoms with Crippen molar-refractivity contribution in [3.8, 4) is 22.6 Å². The summed E-state index contributed by atoms with van der Waals surface area (Å²) < 4.78 is 0. The first-order chi connectivity index (χ1) is 13.4. The molecule has 7 heteroatoms. The Kier molecular flexibility index (Phi) is 3.85. The average Bonchev–Trinajstić information content (AvgIpc) is 2.91. The van der Waals surface area contributed by atoms with E-state index in [0.29, 0.717) is 5.56 Å². The Morgan fingerprint density at radius 3 is 2.14 bits per heavy atom. The number of carbonyl (C=O) groups excluding carboxylic acids is 3. The third-order valence-corrected chi connectivity index (χ3v) is 4.54. The summed E-state index contributed by atoms with van der Waals surface area (Å²) in [6.45, 7) is 0. The van der Waals surface area contributed by atoms with Crippen molar-refractivity contribution in [2.45, 2.75) is 0 Å². The molecule has 0 fully saturated rings. The van der Waals surface area contributed by atoms with Gasteiger partial charge < -0.3 is 15.9 Å². The van der Waals surface area contributed by atoms with Crippen LogP contribution >= 0.6 is 0 Å². The number of imide groups is 1. The second-order valence-corrected chi connectivity index (χ2v) is 6.29. The molecule has 0 saturated carbocycles. The zero-order valence-corrected chi connectivity index (χ0v) is 14.4. The van der Waals surface area contributed by atoms with E-state index in [1.54, 1.807) is 12.1 Å². The van der Waals surface area contributed by atoms with Gasteiger partial charge >= 0.3 is 0 Å². The Balaban J connectivity index is 1.98. The first kappa shape index (κ1) is 17.3. The van der Waals surface area contributed by atoms with Crippen LogP contribution in [0, 0.1) is 0 Å². The summed E-state index contributed by atoms with van der Waals surface area (Å²) in [5.74, 6) is -2.15. The number of rotatable bonds is 3. The summed E-state index contributed by atoms with van der Waals surface area (Å²) in [6, 6.07) is 14.5. The summed E-state index contributed by atoms with van der Waals surface area (Å²) in [7, 11) is 0. The number of carbonyl (C=O) groups is 3. The molecule has 3 aromatic carbocycles. The van der Waals surface area contributed by atoms with Crippen molar-refractivity contribution in [1.82, 2.24) is 0 Å². The molecule has 1 aliphatic rings. The van der Waals surface area contributed by atoms with E-state index in [1.165, 1.54) is 48.5 Å². The predicted octanol–water partition coefficient (Wildman–Crippen LogP) is 2.66. The lowest BCUT2D eigenvalue weighted by atomic mass is 9.91. The third kappa shape index (κ3) is 2.57. The van der Waals surface area contributed by atoms with E-state index >= 15 is 0 Å². The number of hydrogen-bond acceptors (Lipinski definition) is 5. The van der Waals surface area contributed by atoms with Gasteiger partial charge in [-0.2, -0.15) is 0 Å². The molecule has 1 aliphatic heterocycles. The normalized spacial score (nSPS) is 12.9. The largest absolute Gasteiger partial charge is 0.508 e. The van der Waals surface area contributed by atoms with Crippen molar-refractivity contribution in [2.24, 2.45) is 5.73 Å². The van der Waals surface area contributed by atoms with E-state index in [4.69, 9.17) is 5.73 Å². The Labute approximate surface area is 159 Å². The molecule has 0 unspecified atom stereocenters. The maximum atomic E-state index is 13.2. The third-order valence-electron chi connectivity index (χ3n) is 4.54. The van der Waals surface area contributed by atoms with Gasteiger partial charge in [-0.05, 0) is 42.0 Å². The van der Waals surface area contributed by atoms with Crippen molar-refractivity contribution in [2.75, 3.05) is 4.90 Å². The number of hydrogen-bond donors (Lipinski definition) is 3. The van der Waals surface area contributed by atoms with E-state index in [0.717, 1.165) is 4.90 Å². The fraction of sp³-hybridized carbons (Fsp3) is 0. The van der Waals surface area contributed by atoms with Crippen LogP contribution in [0.15, 0.2) is 60.7 Å². The molecule has 3 amide bonds. The molecule has 4 N–H and O–H groups in total. The van der Waals surface area contributed by atoms with Crippen LogP contribution in [-0.2, 0) is 0 Å². The molecular weight excluding hydrogens is 360 g/mol. The van der Waals surface area contributed by atoms with E-state index < -0.39 is 17.7 Å². The maximum absolute atomic E-state index is 13.2. The quantitative estimate of drug-likeness (QED) is 0.609. The van der Waals surface area contributed by atoms with E-state index in [1.807, 2.05) is 0 Å². The molecule has 0 atom stereocenters. The lowest BCUT2D eigenvalue weighted by molar-refractivity contribution is 0.0925. The molecule has 0 bridgehead atoms. The number of primary amides is 1. The molecule has 0 saturated heterocycles. The topological polar surface area (TPSA) is 121 Å². The van der Waals surface area contributed by atoms with Gasteiger partial charge in [-0.1, -0.05) is 18.2 Å². The minimum Gasteiger partial charge on any atom is -0.508 e. The van der Waals surface area contributed by atoms with E-state index in [-0.39, 0.29) is 39.4 Å². The monoisotopic (exact) mass is 374 g/mol. The number of nitrogens with two attached hydrogens (primary N) is 1. The van der Waals surface area contributed by atoms with Crippen LogP contribution < -0.4 is 10.6 Å². The van der Waals surface area contributed by atoms with Gasteiger partial charge in [-0.3, -0.25) is 14.4 Å². The van der Waals surface area contributed by atoms with E-state index in [9.17, 15) is 24.6 Å². The molecule has 3 aromatic rings. The minimum atomic E-state index is -0.766. The summed E-state index contributed by atoms with van der Waals surface area (Å²) in [5.41, 5.74) is 6.44. The zero-order chi connectivity index (χ0) is 20.0. The van der Waals surface area contributed by atoms with Gasteiger partial charge in [0, 0.05) is 17.2 Å². The second kappa shape index (κ2) is 6.24. The number of phenolic OH excluding ortho intramolecular Hbond substituents is 2. The van der Waals surface area contributed by atoms with Crippen LogP contribution in [0.5, 0.6) is 11.5 Å². The molecule has 138 valence electrons. The highest BCUT2D eigenvalue weighted by atomic mass is 16.3. The van der Waals surface area contributed by atoms with Crippen LogP contribution in [0.3, 0.4) is 0 Å². The van der Waals surface area contributed by atoms with Crippen molar-refractivity contribution in [3.63, 3.8) is 0 Å². The lowest BCUT2D eigenvalue weighted by Gasteiger charge is -2.14. The highest BCUT2D eigenvalue weighted by molar-refractivity contribution is 6.36. The molecule has 7 nitrogen and oxygen atoms in total. The fourth-order valence-corrected chi connectivity index (χ4v) is 3.36. The predicted molar refractivity (Wildman–Crippen MR) is 101 cm³/mol. The SMILES string of the molecule is NC(=O)c1ccc2c(c1-c1cccc(O)c1)C(=O)N(c1cccc(O)c1)C2=O. The number of nitrogens with zero attached hydrogens (tertiary/aromatic N) is 1. The molecule has 4 rings (SSSR count). The standard InChI is InChI=1S/C21H14N2O5/c22-19(26)15-7-8-16-18(17(15)11-3-1-5-13(24)9-11)21(28)23(20(16)27)12-4-2-6-14(25)10-12/h1-10,24-25H,(H2,22,26). The van der Waals surface area contributed by atoms with Crippen LogP contribution in [-0.4, -0.2) is 27.9 Å².